The van der Waals surface area contributed by atoms with E-state index in [1.165, 1.54) is 17.1 Å². The standard InChI is InChI=1S/C21H24N4O3S/c1-4-16-8-6-7-9-20(16)22-14-19-15(3)24-25(21(19)26)17-10-12-18(13-11-17)29(27,28)23-5-2/h6-14,22-23H,4-5H2,1-3H3/b19-14+. The van der Waals surface area contributed by atoms with E-state index < -0.39 is 10.0 Å². The van der Waals surface area contributed by atoms with Crippen molar-refractivity contribution < 1.29 is 13.2 Å². The average Bonchev–Trinajstić information content (AvgIpc) is 3.00. The SMILES string of the molecule is CCNS(=O)(=O)c1ccc(N2N=C(C)/C(=C\Nc3ccccc3CC)C2=O)cc1. The molecule has 0 fully saturated rings. The third kappa shape index (κ3) is 4.38. The van der Waals surface area contributed by atoms with Crippen LogP contribution in [0.25, 0.3) is 0 Å². The van der Waals surface area contributed by atoms with Gasteiger partial charge in [0.25, 0.3) is 5.91 Å². The normalized spacial score (nSPS) is 15.7. The number of para-hydroxylation sites is 1. The third-order valence-corrected chi connectivity index (χ3v) is 6.12. The van der Waals surface area contributed by atoms with E-state index in [2.05, 4.69) is 22.1 Å². The van der Waals surface area contributed by atoms with E-state index in [0.29, 0.717) is 23.5 Å². The lowest BCUT2D eigenvalue weighted by molar-refractivity contribution is -0.114. The van der Waals surface area contributed by atoms with Crippen LogP contribution < -0.4 is 15.0 Å². The van der Waals surface area contributed by atoms with Crippen LogP contribution in [0.1, 0.15) is 26.3 Å². The van der Waals surface area contributed by atoms with Crippen molar-refractivity contribution in [1.29, 1.82) is 0 Å². The Kier molecular flexibility index (Phi) is 6.14. The molecule has 2 aromatic rings. The van der Waals surface area contributed by atoms with Gasteiger partial charge in [0.1, 0.15) is 0 Å². The maximum atomic E-state index is 12.8. The van der Waals surface area contributed by atoms with Crippen LogP contribution in [-0.2, 0) is 21.2 Å². The maximum Gasteiger partial charge on any atom is 0.282 e. The summed E-state index contributed by atoms with van der Waals surface area (Å²) in [6.07, 6.45) is 2.54. The van der Waals surface area contributed by atoms with Crippen LogP contribution in [0, 0.1) is 0 Å². The maximum absolute atomic E-state index is 12.8. The summed E-state index contributed by atoms with van der Waals surface area (Å²) >= 11 is 0. The van der Waals surface area contributed by atoms with Gasteiger partial charge in [0.05, 0.1) is 21.9 Å². The van der Waals surface area contributed by atoms with Gasteiger partial charge in [-0.2, -0.15) is 10.1 Å². The predicted molar refractivity (Wildman–Crippen MR) is 115 cm³/mol. The minimum Gasteiger partial charge on any atom is -0.361 e. The summed E-state index contributed by atoms with van der Waals surface area (Å²) in [5.74, 6) is -0.272. The Balaban J connectivity index is 1.81. The molecule has 0 spiro atoms. The predicted octanol–water partition coefficient (Wildman–Crippen LogP) is 3.27. The molecule has 152 valence electrons. The molecule has 8 heteroatoms. The summed E-state index contributed by atoms with van der Waals surface area (Å²) in [6, 6.07) is 14.0. The highest BCUT2D eigenvalue weighted by Crippen LogP contribution is 2.25. The smallest absolute Gasteiger partial charge is 0.282 e. The molecular formula is C21H24N4O3S. The Labute approximate surface area is 171 Å². The number of rotatable bonds is 7. The molecule has 0 bridgehead atoms. The van der Waals surface area contributed by atoms with Gasteiger partial charge in [-0.1, -0.05) is 32.0 Å². The molecule has 1 aliphatic heterocycles. The van der Waals surface area contributed by atoms with Gasteiger partial charge in [-0.25, -0.2) is 13.1 Å². The van der Waals surface area contributed by atoms with Crippen LogP contribution in [0.15, 0.2) is 70.3 Å². The van der Waals surface area contributed by atoms with E-state index in [4.69, 9.17) is 0 Å². The van der Waals surface area contributed by atoms with Gasteiger partial charge in [0.15, 0.2) is 0 Å². The molecule has 1 heterocycles. The molecule has 0 saturated heterocycles. The molecule has 1 amide bonds. The van der Waals surface area contributed by atoms with E-state index in [-0.39, 0.29) is 10.8 Å². The number of hydrazone groups is 1. The Bertz CT molecular complexity index is 1070. The van der Waals surface area contributed by atoms with Crippen LogP contribution in [0.5, 0.6) is 0 Å². The molecule has 0 atom stereocenters. The first-order valence-electron chi connectivity index (χ1n) is 9.41. The quantitative estimate of drug-likeness (QED) is 0.683. The highest BCUT2D eigenvalue weighted by atomic mass is 32.2. The number of carbonyl (C=O) groups excluding carboxylic acids is 1. The number of nitrogens with zero attached hydrogens (tertiary/aromatic N) is 2. The average molecular weight is 413 g/mol. The summed E-state index contributed by atoms with van der Waals surface area (Å²) in [6.45, 7) is 5.86. The number of sulfonamides is 1. The lowest BCUT2D eigenvalue weighted by atomic mass is 10.1. The van der Waals surface area contributed by atoms with Crippen molar-refractivity contribution in [2.45, 2.75) is 32.1 Å². The topological polar surface area (TPSA) is 90.9 Å². The van der Waals surface area contributed by atoms with Crippen molar-refractivity contribution in [3.05, 3.63) is 65.9 Å². The Hall–Kier alpha value is -2.97. The van der Waals surface area contributed by atoms with Gasteiger partial charge in [-0.15, -0.1) is 0 Å². The van der Waals surface area contributed by atoms with E-state index in [1.807, 2.05) is 24.3 Å². The second-order valence-corrected chi connectivity index (χ2v) is 8.28. The molecule has 0 aliphatic carbocycles. The Morgan fingerprint density at radius 3 is 2.41 bits per heavy atom. The van der Waals surface area contributed by atoms with E-state index in [0.717, 1.165) is 17.7 Å². The Morgan fingerprint density at radius 1 is 1.07 bits per heavy atom. The van der Waals surface area contributed by atoms with Gasteiger partial charge < -0.3 is 5.32 Å². The second-order valence-electron chi connectivity index (χ2n) is 6.51. The van der Waals surface area contributed by atoms with Crippen LogP contribution in [-0.4, -0.2) is 26.6 Å². The highest BCUT2D eigenvalue weighted by molar-refractivity contribution is 7.89. The molecule has 0 radical (unpaired) electrons. The first-order valence-corrected chi connectivity index (χ1v) is 10.9. The number of carbonyl (C=O) groups is 1. The van der Waals surface area contributed by atoms with Crippen LogP contribution in [0.4, 0.5) is 11.4 Å². The summed E-state index contributed by atoms with van der Waals surface area (Å²) < 4.78 is 26.6. The zero-order chi connectivity index (χ0) is 21.0. The molecule has 7 nitrogen and oxygen atoms in total. The number of anilines is 2. The van der Waals surface area contributed by atoms with Crippen molar-refractivity contribution in [2.24, 2.45) is 5.10 Å². The van der Waals surface area contributed by atoms with Gasteiger partial charge >= 0.3 is 0 Å². The van der Waals surface area contributed by atoms with Gasteiger partial charge in [0, 0.05) is 18.4 Å². The molecule has 3 rings (SSSR count). The van der Waals surface area contributed by atoms with Gasteiger partial charge in [-0.05, 0) is 49.2 Å². The van der Waals surface area contributed by atoms with Gasteiger partial charge in [0.2, 0.25) is 10.0 Å². The molecule has 1 aliphatic rings. The fourth-order valence-electron chi connectivity index (χ4n) is 3.02. The molecule has 2 N–H and O–H groups in total. The zero-order valence-corrected chi connectivity index (χ0v) is 17.5. The lowest BCUT2D eigenvalue weighted by Gasteiger charge is -2.13. The van der Waals surface area contributed by atoms with Crippen molar-refractivity contribution in [3.63, 3.8) is 0 Å². The fourth-order valence-corrected chi connectivity index (χ4v) is 4.06. The summed E-state index contributed by atoms with van der Waals surface area (Å²) in [5, 5.41) is 8.81. The fraction of sp³-hybridized carbons (Fsp3) is 0.238. The molecule has 0 saturated carbocycles. The lowest BCUT2D eigenvalue weighted by Crippen LogP contribution is -2.24. The molecule has 2 aromatic carbocycles. The van der Waals surface area contributed by atoms with E-state index in [1.54, 1.807) is 32.2 Å². The van der Waals surface area contributed by atoms with E-state index in [9.17, 15) is 13.2 Å². The number of nitrogens with one attached hydrogen (secondary N) is 2. The van der Waals surface area contributed by atoms with Crippen molar-refractivity contribution in [1.82, 2.24) is 4.72 Å². The minimum atomic E-state index is -3.54. The van der Waals surface area contributed by atoms with Crippen molar-refractivity contribution in [3.8, 4) is 0 Å². The third-order valence-electron chi connectivity index (χ3n) is 4.56. The minimum absolute atomic E-state index is 0.143. The second kappa shape index (κ2) is 8.59. The first kappa shape index (κ1) is 20.8. The number of aryl methyl sites for hydroxylation is 1. The summed E-state index contributed by atoms with van der Waals surface area (Å²) in [7, 11) is -3.54. The van der Waals surface area contributed by atoms with Crippen LogP contribution in [0.3, 0.4) is 0 Å². The zero-order valence-electron chi connectivity index (χ0n) is 16.6. The summed E-state index contributed by atoms with van der Waals surface area (Å²) in [5.41, 5.74) is 3.64. The van der Waals surface area contributed by atoms with Gasteiger partial charge in [-0.3, -0.25) is 4.79 Å². The molecular weight excluding hydrogens is 388 g/mol. The number of amides is 1. The largest absolute Gasteiger partial charge is 0.361 e. The molecule has 29 heavy (non-hydrogen) atoms. The molecule has 0 unspecified atom stereocenters. The number of hydrogen-bond acceptors (Lipinski definition) is 5. The van der Waals surface area contributed by atoms with Crippen molar-refractivity contribution >= 4 is 33.0 Å². The van der Waals surface area contributed by atoms with E-state index >= 15 is 0 Å². The number of hydrogen-bond donors (Lipinski definition) is 2. The van der Waals surface area contributed by atoms with Crippen LogP contribution in [0.2, 0.25) is 0 Å². The molecule has 0 aromatic heterocycles. The highest BCUT2D eigenvalue weighted by Gasteiger charge is 2.29. The monoisotopic (exact) mass is 412 g/mol. The first-order chi connectivity index (χ1) is 13.9. The summed E-state index contributed by atoms with van der Waals surface area (Å²) in [4.78, 5) is 13.0. The Morgan fingerprint density at radius 2 is 1.76 bits per heavy atom. The number of benzene rings is 2. The van der Waals surface area contributed by atoms with Crippen molar-refractivity contribution in [2.75, 3.05) is 16.9 Å². The van der Waals surface area contributed by atoms with Crippen LogP contribution >= 0.6 is 0 Å².